The molecule has 0 aromatic carbocycles. The molecule has 0 radical (unpaired) electrons. The summed E-state index contributed by atoms with van der Waals surface area (Å²) in [6.45, 7) is 9.20. The number of pyridine rings is 1. The van der Waals surface area contributed by atoms with Crippen molar-refractivity contribution in [2.24, 2.45) is 5.92 Å². The Morgan fingerprint density at radius 1 is 1.32 bits per heavy atom. The topological polar surface area (TPSA) is 63.1 Å². The average molecular weight is 341 g/mol. The van der Waals surface area contributed by atoms with Crippen molar-refractivity contribution in [1.29, 1.82) is 0 Å². The molecule has 1 N–H and O–H groups in total. The summed E-state index contributed by atoms with van der Waals surface area (Å²) in [7, 11) is 0. The fourth-order valence-corrected chi connectivity index (χ4v) is 3.37. The third kappa shape index (κ3) is 4.00. The van der Waals surface area contributed by atoms with Crippen LogP contribution >= 0.6 is 0 Å². The monoisotopic (exact) mass is 341 g/mol. The number of hydrogen-bond donors (Lipinski definition) is 1. The van der Waals surface area contributed by atoms with Crippen LogP contribution in [-0.4, -0.2) is 40.3 Å². The molecule has 0 aliphatic carbocycles. The molecule has 2 aromatic rings. The van der Waals surface area contributed by atoms with Crippen molar-refractivity contribution in [3.05, 3.63) is 41.3 Å². The lowest BCUT2D eigenvalue weighted by Gasteiger charge is -2.32. The Bertz CT molecular complexity index is 725. The number of aryl methyl sites for hydroxylation is 1. The summed E-state index contributed by atoms with van der Waals surface area (Å²) in [4.78, 5) is 19.1. The number of carbonyl (C=O) groups is 1. The first kappa shape index (κ1) is 17.5. The van der Waals surface area contributed by atoms with E-state index in [9.17, 15) is 4.79 Å². The Kier molecular flexibility index (Phi) is 5.36. The van der Waals surface area contributed by atoms with E-state index in [1.807, 2.05) is 29.8 Å². The minimum absolute atomic E-state index is 0.0259. The van der Waals surface area contributed by atoms with Gasteiger partial charge in [-0.15, -0.1) is 0 Å². The summed E-state index contributed by atoms with van der Waals surface area (Å²) in [5, 5.41) is 7.60. The van der Waals surface area contributed by atoms with Gasteiger partial charge >= 0.3 is 0 Å². The molecule has 6 heteroatoms. The van der Waals surface area contributed by atoms with E-state index in [1.54, 1.807) is 6.20 Å². The van der Waals surface area contributed by atoms with Gasteiger partial charge in [-0.25, -0.2) is 4.98 Å². The zero-order valence-electron chi connectivity index (χ0n) is 15.3. The fourth-order valence-electron chi connectivity index (χ4n) is 3.37. The van der Waals surface area contributed by atoms with Crippen LogP contribution in [0.25, 0.3) is 0 Å². The Morgan fingerprint density at radius 3 is 2.84 bits per heavy atom. The van der Waals surface area contributed by atoms with Crippen molar-refractivity contribution in [3.63, 3.8) is 0 Å². The average Bonchev–Trinajstić information content (AvgIpc) is 2.89. The number of hydrogen-bond acceptors (Lipinski definition) is 4. The van der Waals surface area contributed by atoms with Gasteiger partial charge in [0, 0.05) is 31.5 Å². The van der Waals surface area contributed by atoms with Crippen LogP contribution in [0, 0.1) is 26.7 Å². The molecule has 0 bridgehead atoms. The van der Waals surface area contributed by atoms with Crippen molar-refractivity contribution in [2.45, 2.75) is 40.2 Å². The molecule has 2 aromatic heterocycles. The first-order valence-electron chi connectivity index (χ1n) is 9.00. The molecule has 3 rings (SSSR count). The normalized spacial score (nSPS) is 17.6. The third-order valence-corrected chi connectivity index (χ3v) is 5.13. The zero-order chi connectivity index (χ0) is 17.8. The standard InChI is InChI=1S/C19H27N5O/c1-14-15(2)22-24(16(14)3)12-10-21-19(25)17-7-6-11-23(13-17)18-8-4-5-9-20-18/h4-5,8-9,17H,6-7,10-13H2,1-3H3,(H,21,25). The van der Waals surface area contributed by atoms with E-state index in [-0.39, 0.29) is 11.8 Å². The molecule has 1 unspecified atom stereocenters. The molecule has 1 fully saturated rings. The molecular weight excluding hydrogens is 314 g/mol. The number of amides is 1. The van der Waals surface area contributed by atoms with E-state index in [0.717, 1.165) is 37.4 Å². The number of piperidine rings is 1. The largest absolute Gasteiger partial charge is 0.356 e. The van der Waals surface area contributed by atoms with E-state index >= 15 is 0 Å². The highest BCUT2D eigenvalue weighted by atomic mass is 16.1. The molecule has 0 spiro atoms. The Hall–Kier alpha value is -2.37. The summed E-state index contributed by atoms with van der Waals surface area (Å²) in [6.07, 6.45) is 3.76. The van der Waals surface area contributed by atoms with Crippen LogP contribution in [0.2, 0.25) is 0 Å². The van der Waals surface area contributed by atoms with Gasteiger partial charge in [-0.05, 0) is 51.3 Å². The van der Waals surface area contributed by atoms with Crippen molar-refractivity contribution in [3.8, 4) is 0 Å². The first-order valence-corrected chi connectivity index (χ1v) is 9.00. The lowest BCUT2D eigenvalue weighted by molar-refractivity contribution is -0.125. The third-order valence-electron chi connectivity index (χ3n) is 5.13. The Balaban J connectivity index is 1.51. The SMILES string of the molecule is Cc1nn(CCNC(=O)C2CCCN(c3ccccn3)C2)c(C)c1C. The molecule has 134 valence electrons. The summed E-state index contributed by atoms with van der Waals surface area (Å²) in [5.41, 5.74) is 3.46. The van der Waals surface area contributed by atoms with Crippen molar-refractivity contribution < 1.29 is 4.79 Å². The van der Waals surface area contributed by atoms with Gasteiger partial charge in [-0.1, -0.05) is 6.07 Å². The Labute approximate surface area is 149 Å². The van der Waals surface area contributed by atoms with Gasteiger partial charge < -0.3 is 10.2 Å². The van der Waals surface area contributed by atoms with E-state index in [0.29, 0.717) is 13.1 Å². The van der Waals surface area contributed by atoms with Crippen LogP contribution < -0.4 is 10.2 Å². The number of anilines is 1. The van der Waals surface area contributed by atoms with Crippen molar-refractivity contribution in [2.75, 3.05) is 24.5 Å². The van der Waals surface area contributed by atoms with Gasteiger partial charge in [0.15, 0.2) is 0 Å². The highest BCUT2D eigenvalue weighted by Gasteiger charge is 2.26. The molecule has 1 amide bonds. The maximum absolute atomic E-state index is 12.5. The number of nitrogens with one attached hydrogen (secondary N) is 1. The minimum Gasteiger partial charge on any atom is -0.356 e. The second kappa shape index (κ2) is 7.68. The maximum Gasteiger partial charge on any atom is 0.224 e. The first-order chi connectivity index (χ1) is 12.1. The van der Waals surface area contributed by atoms with Gasteiger partial charge in [-0.2, -0.15) is 5.10 Å². The van der Waals surface area contributed by atoms with Crippen LogP contribution in [0.3, 0.4) is 0 Å². The number of carbonyl (C=O) groups excluding carboxylic acids is 1. The second-order valence-electron chi connectivity index (χ2n) is 6.78. The van der Waals surface area contributed by atoms with Gasteiger partial charge in [0.1, 0.15) is 5.82 Å². The molecule has 6 nitrogen and oxygen atoms in total. The molecule has 0 saturated carbocycles. The van der Waals surface area contributed by atoms with Crippen LogP contribution in [0.1, 0.15) is 29.8 Å². The van der Waals surface area contributed by atoms with Crippen LogP contribution in [0.15, 0.2) is 24.4 Å². The van der Waals surface area contributed by atoms with Gasteiger partial charge in [0.05, 0.1) is 18.2 Å². The minimum atomic E-state index is 0.0259. The van der Waals surface area contributed by atoms with Crippen LogP contribution in [0.4, 0.5) is 5.82 Å². The molecule has 1 aliphatic heterocycles. The van der Waals surface area contributed by atoms with Crippen molar-refractivity contribution in [1.82, 2.24) is 20.1 Å². The van der Waals surface area contributed by atoms with E-state index in [4.69, 9.17) is 0 Å². The lowest BCUT2D eigenvalue weighted by Crippen LogP contribution is -2.44. The summed E-state index contributed by atoms with van der Waals surface area (Å²) in [6, 6.07) is 5.91. The smallest absolute Gasteiger partial charge is 0.224 e. The summed E-state index contributed by atoms with van der Waals surface area (Å²) >= 11 is 0. The molecule has 25 heavy (non-hydrogen) atoms. The second-order valence-corrected chi connectivity index (χ2v) is 6.78. The summed E-state index contributed by atoms with van der Waals surface area (Å²) in [5.74, 6) is 1.12. The predicted octanol–water partition coefficient (Wildman–Crippen LogP) is 2.24. The predicted molar refractivity (Wildman–Crippen MR) is 98.6 cm³/mol. The zero-order valence-corrected chi connectivity index (χ0v) is 15.3. The Morgan fingerprint density at radius 2 is 2.16 bits per heavy atom. The molecule has 1 saturated heterocycles. The number of aromatic nitrogens is 3. The van der Waals surface area contributed by atoms with E-state index < -0.39 is 0 Å². The maximum atomic E-state index is 12.5. The number of nitrogens with zero attached hydrogens (tertiary/aromatic N) is 4. The lowest BCUT2D eigenvalue weighted by atomic mass is 9.97. The quantitative estimate of drug-likeness (QED) is 0.906. The van der Waals surface area contributed by atoms with Crippen LogP contribution in [0.5, 0.6) is 0 Å². The highest BCUT2D eigenvalue weighted by Crippen LogP contribution is 2.21. The van der Waals surface area contributed by atoms with Crippen LogP contribution in [-0.2, 0) is 11.3 Å². The van der Waals surface area contributed by atoms with Gasteiger partial charge in [0.2, 0.25) is 5.91 Å². The van der Waals surface area contributed by atoms with Gasteiger partial charge in [0.25, 0.3) is 0 Å². The van der Waals surface area contributed by atoms with Gasteiger partial charge in [-0.3, -0.25) is 9.48 Å². The fraction of sp³-hybridized carbons (Fsp3) is 0.526. The molecule has 1 aliphatic rings. The highest BCUT2D eigenvalue weighted by molar-refractivity contribution is 5.79. The van der Waals surface area contributed by atoms with E-state index in [1.165, 1.54) is 11.3 Å². The summed E-state index contributed by atoms with van der Waals surface area (Å²) < 4.78 is 1.98. The number of rotatable bonds is 5. The molecular formula is C19H27N5O. The van der Waals surface area contributed by atoms with E-state index in [2.05, 4.69) is 34.1 Å². The molecule has 3 heterocycles. The molecule has 1 atom stereocenters. The van der Waals surface area contributed by atoms with Crippen molar-refractivity contribution >= 4 is 11.7 Å².